The van der Waals surface area contributed by atoms with Crippen molar-refractivity contribution in [1.82, 2.24) is 0 Å². The molecule has 5 aliphatic rings. The van der Waals surface area contributed by atoms with Crippen molar-refractivity contribution in [3.05, 3.63) is 65.2 Å². The van der Waals surface area contributed by atoms with Gasteiger partial charge in [-0.25, -0.2) is 9.59 Å². The molecule has 14 nitrogen and oxygen atoms in total. The Balaban J connectivity index is 0.744. The highest BCUT2D eigenvalue weighted by atomic mass is 16.8. The minimum absolute atomic E-state index is 0.0492. The molecule has 58 heavy (non-hydrogen) atoms. The van der Waals surface area contributed by atoms with Crippen molar-refractivity contribution in [2.24, 2.45) is 17.8 Å². The third kappa shape index (κ3) is 11.9. The van der Waals surface area contributed by atoms with Crippen molar-refractivity contribution in [2.75, 3.05) is 46.6 Å². The third-order valence-corrected chi connectivity index (χ3v) is 11.8. The van der Waals surface area contributed by atoms with Gasteiger partial charge in [0.2, 0.25) is 0 Å². The number of benzene rings is 2. The summed E-state index contributed by atoms with van der Waals surface area (Å²) in [5.41, 5.74) is 1.73. The number of carbonyl (C=O) groups is 4. The lowest BCUT2D eigenvalue weighted by Gasteiger charge is -2.43. The summed E-state index contributed by atoms with van der Waals surface area (Å²) in [7, 11) is 0. The van der Waals surface area contributed by atoms with Gasteiger partial charge in [0.25, 0.3) is 0 Å². The van der Waals surface area contributed by atoms with Crippen molar-refractivity contribution in [2.45, 2.75) is 114 Å². The summed E-state index contributed by atoms with van der Waals surface area (Å²) in [5, 5.41) is 0. The summed E-state index contributed by atoms with van der Waals surface area (Å²) in [6, 6.07) is 13.2. The van der Waals surface area contributed by atoms with Gasteiger partial charge < -0.3 is 47.4 Å². The lowest BCUT2D eigenvalue weighted by Crippen LogP contribution is -2.59. The average molecular weight is 809 g/mol. The zero-order valence-corrected chi connectivity index (χ0v) is 33.3. The second kappa shape index (κ2) is 20.9. The number of rotatable bonds is 18. The first-order valence-corrected chi connectivity index (χ1v) is 20.9. The molecule has 316 valence electrons. The fourth-order valence-corrected chi connectivity index (χ4v) is 8.15. The summed E-state index contributed by atoms with van der Waals surface area (Å²) in [6.07, 6.45) is 8.23. The number of epoxide rings is 1. The van der Waals surface area contributed by atoms with E-state index < -0.39 is 36.4 Å². The van der Waals surface area contributed by atoms with Crippen LogP contribution in [0.4, 0.5) is 0 Å². The monoisotopic (exact) mass is 808 g/mol. The van der Waals surface area contributed by atoms with Crippen LogP contribution < -0.4 is 4.74 Å². The molecule has 0 spiro atoms. The van der Waals surface area contributed by atoms with Gasteiger partial charge in [0.1, 0.15) is 57.0 Å². The Hall–Kier alpha value is -3.92. The summed E-state index contributed by atoms with van der Waals surface area (Å²) in [5.74, 6) is -1.18. The highest BCUT2D eigenvalue weighted by Crippen LogP contribution is 2.39. The summed E-state index contributed by atoms with van der Waals surface area (Å²) in [4.78, 5) is 51.1. The molecule has 2 aromatic carbocycles. The standard InChI is InChI=1S/C44H56O14/c1-28-6-9-30(10-7-28)42(46)51-24-37-39-40(56-26-53-37)38(54-27-55-39)25-52-43(47)32-15-17-34(18-16-32)57-44(48)33-13-11-31(12-14-33)41(45)50-21-5-3-2-4-20-49-23-29-8-19-35-36(22-29)58-35/h6-7,9-10,15-18,29,31,33,35-40H,2-5,8,11-14,19-27H2,1H3. The molecule has 0 amide bonds. The van der Waals surface area contributed by atoms with E-state index in [1.54, 1.807) is 24.3 Å². The minimum atomic E-state index is -0.641. The van der Waals surface area contributed by atoms with E-state index in [0.717, 1.165) is 50.9 Å². The molecule has 0 N–H and O–H groups in total. The molecule has 2 aromatic rings. The van der Waals surface area contributed by atoms with Crippen LogP contribution in [0.25, 0.3) is 0 Å². The van der Waals surface area contributed by atoms with E-state index in [9.17, 15) is 19.2 Å². The molecular formula is C44H56O14. The predicted octanol–water partition coefficient (Wildman–Crippen LogP) is 5.89. The van der Waals surface area contributed by atoms with E-state index in [0.29, 0.717) is 61.7 Å². The number of ether oxygens (including phenoxy) is 10. The Bertz CT molecular complexity index is 1650. The zero-order chi connectivity index (χ0) is 40.3. The van der Waals surface area contributed by atoms with Crippen molar-refractivity contribution in [3.8, 4) is 5.75 Å². The molecule has 7 atom stereocenters. The van der Waals surface area contributed by atoms with Gasteiger partial charge in [-0.1, -0.05) is 24.1 Å². The number of fused-ring (bicyclic) bond motifs is 2. The molecule has 3 heterocycles. The Morgan fingerprint density at radius 2 is 1.16 bits per heavy atom. The minimum Gasteiger partial charge on any atom is -0.465 e. The lowest BCUT2D eigenvalue weighted by atomic mass is 9.82. The number of aryl methyl sites for hydroxylation is 1. The smallest absolute Gasteiger partial charge is 0.338 e. The molecule has 7 unspecified atom stereocenters. The van der Waals surface area contributed by atoms with Gasteiger partial charge in [0.15, 0.2) is 0 Å². The summed E-state index contributed by atoms with van der Waals surface area (Å²) >= 11 is 0. The molecule has 7 rings (SSSR count). The Morgan fingerprint density at radius 1 is 0.586 bits per heavy atom. The van der Waals surface area contributed by atoms with E-state index in [4.69, 9.17) is 47.4 Å². The molecular weight excluding hydrogens is 752 g/mol. The van der Waals surface area contributed by atoms with Crippen LogP contribution in [0.5, 0.6) is 5.75 Å². The lowest BCUT2D eigenvalue weighted by molar-refractivity contribution is -0.328. The molecule has 0 bridgehead atoms. The van der Waals surface area contributed by atoms with Gasteiger partial charge in [-0.05, 0) is 113 Å². The number of esters is 4. The SMILES string of the molecule is Cc1ccc(C(=O)OCC2OCOC3C(COC(=O)c4ccc(OC(=O)C5CCC(C(=O)OCCCCCCOCC6CCC7OC7C6)CC5)cc4)OCOC23)cc1. The molecule has 2 saturated carbocycles. The van der Waals surface area contributed by atoms with Crippen molar-refractivity contribution < 1.29 is 66.5 Å². The first-order valence-electron chi connectivity index (χ1n) is 20.9. The van der Waals surface area contributed by atoms with Crippen LogP contribution in [-0.2, 0) is 52.2 Å². The molecule has 3 aliphatic heterocycles. The highest BCUT2D eigenvalue weighted by molar-refractivity contribution is 5.90. The average Bonchev–Trinajstić information content (AvgIpc) is 4.04. The van der Waals surface area contributed by atoms with Gasteiger partial charge in [-0.15, -0.1) is 0 Å². The Labute approximate surface area is 339 Å². The van der Waals surface area contributed by atoms with E-state index >= 15 is 0 Å². The first-order chi connectivity index (χ1) is 28.3. The van der Waals surface area contributed by atoms with Crippen LogP contribution in [0, 0.1) is 24.7 Å². The van der Waals surface area contributed by atoms with E-state index in [-0.39, 0.29) is 56.1 Å². The molecule has 14 heteroatoms. The largest absolute Gasteiger partial charge is 0.465 e. The van der Waals surface area contributed by atoms with Gasteiger partial charge in [0.05, 0.1) is 41.8 Å². The number of unbranched alkanes of at least 4 members (excludes halogenated alkanes) is 3. The molecule has 2 aliphatic carbocycles. The third-order valence-electron chi connectivity index (χ3n) is 11.8. The summed E-state index contributed by atoms with van der Waals surface area (Å²) < 4.78 is 56.6. The normalized spacial score (nSPS) is 28.9. The van der Waals surface area contributed by atoms with Crippen molar-refractivity contribution >= 4 is 23.9 Å². The number of hydrogen-bond donors (Lipinski definition) is 0. The quantitative estimate of drug-likeness (QED) is 0.0576. The molecule has 0 aromatic heterocycles. The Kier molecular flexibility index (Phi) is 15.2. The van der Waals surface area contributed by atoms with Gasteiger partial charge in [-0.2, -0.15) is 0 Å². The fraction of sp³-hybridized carbons (Fsp3) is 0.636. The van der Waals surface area contributed by atoms with Crippen molar-refractivity contribution in [1.29, 1.82) is 0 Å². The van der Waals surface area contributed by atoms with Gasteiger partial charge in [-0.3, -0.25) is 9.59 Å². The first kappa shape index (κ1) is 42.2. The number of hydrogen-bond acceptors (Lipinski definition) is 14. The second-order valence-electron chi connectivity index (χ2n) is 16.0. The van der Waals surface area contributed by atoms with Gasteiger partial charge >= 0.3 is 23.9 Å². The van der Waals surface area contributed by atoms with Crippen molar-refractivity contribution in [3.63, 3.8) is 0 Å². The molecule has 3 saturated heterocycles. The maximum absolute atomic E-state index is 12.9. The second-order valence-corrected chi connectivity index (χ2v) is 16.0. The van der Waals surface area contributed by atoms with E-state index in [2.05, 4.69) is 0 Å². The predicted molar refractivity (Wildman–Crippen MR) is 205 cm³/mol. The topological polar surface area (TPSA) is 164 Å². The Morgan fingerprint density at radius 3 is 1.76 bits per heavy atom. The van der Waals surface area contributed by atoms with E-state index in [1.165, 1.54) is 25.0 Å². The highest BCUT2D eigenvalue weighted by Gasteiger charge is 2.46. The maximum Gasteiger partial charge on any atom is 0.338 e. The maximum atomic E-state index is 12.9. The van der Waals surface area contributed by atoms with Crippen LogP contribution in [0.1, 0.15) is 96.9 Å². The molecule has 0 radical (unpaired) electrons. The fourth-order valence-electron chi connectivity index (χ4n) is 8.15. The van der Waals surface area contributed by atoms with E-state index in [1.807, 2.05) is 19.1 Å². The van der Waals surface area contributed by atoms with Crippen LogP contribution in [0.2, 0.25) is 0 Å². The van der Waals surface area contributed by atoms with Crippen LogP contribution in [0.15, 0.2) is 48.5 Å². The van der Waals surface area contributed by atoms with Crippen LogP contribution in [-0.4, -0.2) is 107 Å². The number of carbonyl (C=O) groups excluding carboxylic acids is 4. The van der Waals surface area contributed by atoms with Crippen LogP contribution in [0.3, 0.4) is 0 Å². The summed E-state index contributed by atoms with van der Waals surface area (Å²) in [6.45, 7) is 3.65. The zero-order valence-electron chi connectivity index (χ0n) is 33.3. The van der Waals surface area contributed by atoms with Gasteiger partial charge in [0, 0.05) is 13.2 Å². The van der Waals surface area contributed by atoms with Crippen LogP contribution >= 0.6 is 0 Å². The molecule has 5 fully saturated rings.